The molecule has 0 saturated heterocycles. The maximum absolute atomic E-state index is 12.8. The molecule has 0 spiro atoms. The zero-order valence-corrected chi connectivity index (χ0v) is 11.9. The lowest BCUT2D eigenvalue weighted by atomic mass is 9.82. The Kier molecular flexibility index (Phi) is 2.03. The number of hydrogen-bond donors (Lipinski definition) is 0. The van der Waals surface area contributed by atoms with Crippen molar-refractivity contribution in [2.75, 3.05) is 0 Å². The maximum atomic E-state index is 12.8. The van der Waals surface area contributed by atoms with Crippen molar-refractivity contribution in [3.8, 4) is 11.1 Å². The number of ketones is 1. The van der Waals surface area contributed by atoms with Gasteiger partial charge in [-0.3, -0.25) is 4.79 Å². The molecule has 3 heteroatoms. The number of aromatic nitrogens is 1. The van der Waals surface area contributed by atoms with Crippen molar-refractivity contribution in [2.24, 2.45) is 0 Å². The first kappa shape index (κ1) is 11.7. The number of carbonyl (C=O) groups is 1. The van der Waals surface area contributed by atoms with Gasteiger partial charge in [0.05, 0.1) is 0 Å². The van der Waals surface area contributed by atoms with Crippen LogP contribution in [-0.2, 0) is 0 Å². The predicted molar refractivity (Wildman–Crippen MR) is 85.1 cm³/mol. The van der Waals surface area contributed by atoms with Crippen LogP contribution in [0.15, 0.2) is 52.9 Å². The second kappa shape index (κ2) is 3.83. The molecule has 0 saturated carbocycles. The monoisotopic (exact) mass is 285 g/mol. The van der Waals surface area contributed by atoms with Crippen LogP contribution in [0.25, 0.3) is 33.0 Å². The minimum Gasteiger partial charge on any atom is -0.440 e. The van der Waals surface area contributed by atoms with Gasteiger partial charge in [0.2, 0.25) is 0 Å². The van der Waals surface area contributed by atoms with Gasteiger partial charge in [0.25, 0.3) is 0 Å². The summed E-state index contributed by atoms with van der Waals surface area (Å²) in [5.74, 6) is 0.710. The van der Waals surface area contributed by atoms with E-state index in [0.717, 1.165) is 44.1 Å². The van der Waals surface area contributed by atoms with E-state index in [-0.39, 0.29) is 5.78 Å². The molecule has 4 aromatic rings. The molecule has 0 radical (unpaired) electrons. The summed E-state index contributed by atoms with van der Waals surface area (Å²) in [7, 11) is 0. The molecule has 104 valence electrons. The Morgan fingerprint density at radius 1 is 0.909 bits per heavy atom. The molecule has 5 rings (SSSR count). The third kappa shape index (κ3) is 1.31. The van der Waals surface area contributed by atoms with Crippen molar-refractivity contribution in [3.63, 3.8) is 0 Å². The molecular weight excluding hydrogens is 274 g/mol. The Bertz CT molecular complexity index is 1110. The highest BCUT2D eigenvalue weighted by atomic mass is 16.3. The van der Waals surface area contributed by atoms with Crippen LogP contribution in [0, 0.1) is 6.92 Å². The van der Waals surface area contributed by atoms with Crippen molar-refractivity contribution in [2.45, 2.75) is 6.92 Å². The lowest BCUT2D eigenvalue weighted by Crippen LogP contribution is -2.09. The lowest BCUT2D eigenvalue weighted by Gasteiger charge is -2.19. The molecule has 0 fully saturated rings. The normalized spacial score (nSPS) is 12.9. The van der Waals surface area contributed by atoms with Gasteiger partial charge in [-0.25, -0.2) is 4.98 Å². The fraction of sp³-hybridized carbons (Fsp3) is 0.0526. The summed E-state index contributed by atoms with van der Waals surface area (Å²) >= 11 is 0. The van der Waals surface area contributed by atoms with Gasteiger partial charge in [0.1, 0.15) is 5.52 Å². The first-order valence-corrected chi connectivity index (χ1v) is 7.21. The largest absolute Gasteiger partial charge is 0.440 e. The van der Waals surface area contributed by atoms with E-state index in [9.17, 15) is 4.79 Å². The van der Waals surface area contributed by atoms with Crippen molar-refractivity contribution in [1.82, 2.24) is 4.98 Å². The van der Waals surface area contributed by atoms with Crippen molar-refractivity contribution < 1.29 is 9.21 Å². The van der Waals surface area contributed by atoms with Crippen molar-refractivity contribution >= 4 is 27.7 Å². The van der Waals surface area contributed by atoms with E-state index in [1.54, 1.807) is 0 Å². The lowest BCUT2D eigenvalue weighted by molar-refractivity contribution is 0.104. The van der Waals surface area contributed by atoms with Crippen molar-refractivity contribution in [3.05, 3.63) is 65.5 Å². The van der Waals surface area contributed by atoms with E-state index in [1.807, 2.05) is 55.5 Å². The van der Waals surface area contributed by atoms with E-state index >= 15 is 0 Å². The van der Waals surface area contributed by atoms with E-state index in [4.69, 9.17) is 4.42 Å². The van der Waals surface area contributed by atoms with Gasteiger partial charge in [-0.05, 0) is 17.2 Å². The molecule has 1 aliphatic carbocycles. The van der Waals surface area contributed by atoms with Crippen LogP contribution in [0.2, 0.25) is 0 Å². The van der Waals surface area contributed by atoms with Gasteiger partial charge in [-0.1, -0.05) is 42.5 Å². The molecule has 0 bridgehead atoms. The van der Waals surface area contributed by atoms with Gasteiger partial charge >= 0.3 is 0 Å². The smallest absolute Gasteiger partial charge is 0.194 e. The van der Waals surface area contributed by atoms with E-state index < -0.39 is 0 Å². The van der Waals surface area contributed by atoms with Crippen LogP contribution in [0.1, 0.15) is 21.8 Å². The zero-order valence-electron chi connectivity index (χ0n) is 11.9. The third-order valence-electron chi connectivity index (χ3n) is 4.33. The highest BCUT2D eigenvalue weighted by Gasteiger charge is 2.26. The van der Waals surface area contributed by atoms with Gasteiger partial charge < -0.3 is 4.42 Å². The van der Waals surface area contributed by atoms with E-state index in [1.165, 1.54) is 0 Å². The van der Waals surface area contributed by atoms with E-state index in [2.05, 4.69) is 4.98 Å². The Labute approximate surface area is 126 Å². The zero-order chi connectivity index (χ0) is 14.8. The molecule has 3 nitrogen and oxygen atoms in total. The van der Waals surface area contributed by atoms with E-state index in [0.29, 0.717) is 5.89 Å². The summed E-state index contributed by atoms with van der Waals surface area (Å²) < 4.78 is 5.76. The van der Waals surface area contributed by atoms with Crippen LogP contribution in [0.5, 0.6) is 0 Å². The third-order valence-corrected chi connectivity index (χ3v) is 4.33. The van der Waals surface area contributed by atoms with Gasteiger partial charge in [0.15, 0.2) is 17.3 Å². The number of rotatable bonds is 0. The predicted octanol–water partition coefficient (Wildman–Crippen LogP) is 4.50. The summed E-state index contributed by atoms with van der Waals surface area (Å²) in [5.41, 5.74) is 5.11. The average Bonchev–Trinajstić information content (AvgIpc) is 2.92. The van der Waals surface area contributed by atoms with Crippen LogP contribution in [0.3, 0.4) is 0 Å². The topological polar surface area (TPSA) is 43.1 Å². The molecular formula is C19H11NO2. The minimum absolute atomic E-state index is 0.0734. The number of hydrogen-bond acceptors (Lipinski definition) is 3. The Hall–Kier alpha value is -2.94. The molecule has 1 aliphatic rings. The summed E-state index contributed by atoms with van der Waals surface area (Å²) in [5, 5.41) is 1.92. The molecule has 0 atom stereocenters. The maximum Gasteiger partial charge on any atom is 0.194 e. The fourth-order valence-electron chi connectivity index (χ4n) is 3.44. The number of benzene rings is 3. The quantitative estimate of drug-likeness (QED) is 0.420. The molecule has 0 N–H and O–H groups in total. The number of nitrogens with zero attached hydrogens (tertiary/aromatic N) is 1. The Morgan fingerprint density at radius 2 is 1.68 bits per heavy atom. The molecule has 22 heavy (non-hydrogen) atoms. The highest BCUT2D eigenvalue weighted by molar-refractivity contribution is 6.28. The average molecular weight is 285 g/mol. The standard InChI is InChI=1S/C19H11NO2/c1-10-20-16-9-15-11-5-2-3-6-12(11)18(21)13-7-4-8-14(17(13)15)19(16)22-10/h2-9H,1H3. The van der Waals surface area contributed by atoms with Crippen LogP contribution >= 0.6 is 0 Å². The Morgan fingerprint density at radius 3 is 2.55 bits per heavy atom. The second-order valence-electron chi connectivity index (χ2n) is 5.61. The molecule has 3 aromatic carbocycles. The fourth-order valence-corrected chi connectivity index (χ4v) is 3.44. The van der Waals surface area contributed by atoms with Crippen LogP contribution in [0.4, 0.5) is 0 Å². The number of carbonyl (C=O) groups excluding carboxylic acids is 1. The molecule has 0 amide bonds. The van der Waals surface area contributed by atoms with Crippen LogP contribution in [-0.4, -0.2) is 10.8 Å². The second-order valence-corrected chi connectivity index (χ2v) is 5.61. The van der Waals surface area contributed by atoms with Crippen molar-refractivity contribution in [1.29, 1.82) is 0 Å². The highest BCUT2D eigenvalue weighted by Crippen LogP contribution is 2.42. The summed E-state index contributed by atoms with van der Waals surface area (Å²) in [4.78, 5) is 17.3. The van der Waals surface area contributed by atoms with Crippen LogP contribution < -0.4 is 0 Å². The molecule has 0 aliphatic heterocycles. The number of aryl methyl sites for hydroxylation is 1. The first-order chi connectivity index (χ1) is 10.7. The summed E-state index contributed by atoms with van der Waals surface area (Å²) in [6, 6.07) is 15.6. The van der Waals surface area contributed by atoms with Gasteiger partial charge in [-0.15, -0.1) is 0 Å². The van der Waals surface area contributed by atoms with Gasteiger partial charge in [-0.2, -0.15) is 0 Å². The minimum atomic E-state index is 0.0734. The molecule has 1 aromatic heterocycles. The first-order valence-electron chi connectivity index (χ1n) is 7.21. The number of oxazole rings is 1. The number of fused-ring (bicyclic) bond motifs is 4. The van der Waals surface area contributed by atoms with Gasteiger partial charge in [0, 0.05) is 28.8 Å². The Balaban J connectivity index is 2.10. The summed E-state index contributed by atoms with van der Waals surface area (Å²) in [6.45, 7) is 1.84. The SMILES string of the molecule is Cc1nc2cc3c4c(cccc4c2o1)C(=O)c1ccccc1-3. The molecule has 0 unspecified atom stereocenters. The molecule has 1 heterocycles. The summed E-state index contributed by atoms with van der Waals surface area (Å²) in [6.07, 6.45) is 0.